The molecule has 0 aliphatic carbocycles. The molecule has 1 heterocycles. The number of benzene rings is 1. The second kappa shape index (κ2) is 6.64. The van der Waals surface area contributed by atoms with Crippen molar-refractivity contribution in [2.45, 2.75) is 19.3 Å². The molecule has 1 aromatic carbocycles. The van der Waals surface area contributed by atoms with E-state index in [9.17, 15) is 0 Å². The van der Waals surface area contributed by atoms with Gasteiger partial charge in [-0.2, -0.15) is 0 Å². The van der Waals surface area contributed by atoms with Gasteiger partial charge in [0.05, 0.1) is 16.1 Å². The number of pyridine rings is 1. The molecule has 2 rings (SSSR count). The summed E-state index contributed by atoms with van der Waals surface area (Å²) in [5, 5.41) is 1.64. The molecule has 1 aromatic heterocycles. The SMILES string of the molecule is ClCCCCC#Cc1cnc2ccccc2c1Cl. The number of aromatic nitrogens is 1. The number of hydrogen-bond donors (Lipinski definition) is 0. The number of para-hydroxylation sites is 1. The van der Waals surface area contributed by atoms with Crippen molar-refractivity contribution >= 4 is 34.1 Å². The van der Waals surface area contributed by atoms with Crippen molar-refractivity contribution in [2.75, 3.05) is 5.88 Å². The van der Waals surface area contributed by atoms with Gasteiger partial charge in [0.25, 0.3) is 0 Å². The van der Waals surface area contributed by atoms with E-state index in [0.717, 1.165) is 35.7 Å². The van der Waals surface area contributed by atoms with E-state index in [1.165, 1.54) is 0 Å². The van der Waals surface area contributed by atoms with Crippen molar-refractivity contribution in [3.05, 3.63) is 41.0 Å². The Morgan fingerprint density at radius 3 is 2.83 bits per heavy atom. The van der Waals surface area contributed by atoms with Crippen LogP contribution in [0.15, 0.2) is 30.5 Å². The van der Waals surface area contributed by atoms with Gasteiger partial charge in [-0.05, 0) is 18.9 Å². The quantitative estimate of drug-likeness (QED) is 0.452. The maximum Gasteiger partial charge on any atom is 0.0717 e. The number of halogens is 2. The maximum atomic E-state index is 6.32. The van der Waals surface area contributed by atoms with Crippen LogP contribution in [0.2, 0.25) is 5.02 Å². The van der Waals surface area contributed by atoms with Gasteiger partial charge in [-0.15, -0.1) is 11.6 Å². The standard InChI is InChI=1S/C15H13Cl2N/c16-10-6-2-1-3-7-12-11-18-14-9-5-4-8-13(14)15(12)17/h4-5,8-9,11H,1-2,6,10H2. The minimum atomic E-state index is 0.686. The topological polar surface area (TPSA) is 12.9 Å². The minimum absolute atomic E-state index is 0.686. The van der Waals surface area contributed by atoms with Gasteiger partial charge in [0.2, 0.25) is 0 Å². The van der Waals surface area contributed by atoms with Crippen molar-refractivity contribution in [2.24, 2.45) is 0 Å². The van der Waals surface area contributed by atoms with Gasteiger partial charge in [0.15, 0.2) is 0 Å². The van der Waals surface area contributed by atoms with E-state index in [-0.39, 0.29) is 0 Å². The molecule has 0 spiro atoms. The zero-order valence-electron chi connectivity index (χ0n) is 9.92. The second-order valence-electron chi connectivity index (χ2n) is 3.95. The third-order valence-corrected chi connectivity index (χ3v) is 3.29. The van der Waals surface area contributed by atoms with Gasteiger partial charge in [-0.25, -0.2) is 0 Å². The molecule has 0 bridgehead atoms. The lowest BCUT2D eigenvalue weighted by atomic mass is 10.1. The number of alkyl halides is 1. The van der Waals surface area contributed by atoms with Crippen LogP contribution in [0.4, 0.5) is 0 Å². The van der Waals surface area contributed by atoms with Gasteiger partial charge < -0.3 is 0 Å². The fourth-order valence-electron chi connectivity index (χ4n) is 1.66. The molecular formula is C15H13Cl2N. The molecular weight excluding hydrogens is 265 g/mol. The molecule has 0 unspecified atom stereocenters. The van der Waals surface area contributed by atoms with E-state index >= 15 is 0 Å². The molecule has 0 saturated carbocycles. The van der Waals surface area contributed by atoms with Crippen molar-refractivity contribution in [1.29, 1.82) is 0 Å². The molecule has 92 valence electrons. The van der Waals surface area contributed by atoms with Crippen molar-refractivity contribution in [3.8, 4) is 11.8 Å². The third-order valence-electron chi connectivity index (χ3n) is 2.62. The smallest absolute Gasteiger partial charge is 0.0717 e. The minimum Gasteiger partial charge on any atom is -0.255 e. The summed E-state index contributed by atoms with van der Waals surface area (Å²) in [6.45, 7) is 0. The summed E-state index contributed by atoms with van der Waals surface area (Å²) in [5.74, 6) is 6.88. The van der Waals surface area contributed by atoms with Crippen molar-refractivity contribution < 1.29 is 0 Å². The van der Waals surface area contributed by atoms with Crippen LogP contribution in [0.3, 0.4) is 0 Å². The molecule has 2 aromatic rings. The lowest BCUT2D eigenvalue weighted by Gasteiger charge is -2.01. The number of unbranched alkanes of at least 4 members (excludes halogenated alkanes) is 2. The Labute approximate surface area is 117 Å². The second-order valence-corrected chi connectivity index (χ2v) is 4.71. The van der Waals surface area contributed by atoms with Crippen molar-refractivity contribution in [3.63, 3.8) is 0 Å². The van der Waals surface area contributed by atoms with E-state index in [1.807, 2.05) is 24.3 Å². The Balaban J connectivity index is 2.21. The van der Waals surface area contributed by atoms with Gasteiger partial charge >= 0.3 is 0 Å². The number of hydrogen-bond acceptors (Lipinski definition) is 1. The molecule has 0 amide bonds. The van der Waals surface area contributed by atoms with Gasteiger partial charge in [-0.1, -0.05) is 41.6 Å². The summed E-state index contributed by atoms with van der Waals surface area (Å²) >= 11 is 11.9. The third kappa shape index (κ3) is 3.16. The van der Waals surface area contributed by atoms with Crippen LogP contribution in [0.1, 0.15) is 24.8 Å². The summed E-state index contributed by atoms with van der Waals surface area (Å²) < 4.78 is 0. The normalized spacial score (nSPS) is 10.1. The predicted octanol–water partition coefficient (Wildman–Crippen LogP) is 4.65. The van der Waals surface area contributed by atoms with Gasteiger partial charge in [-0.3, -0.25) is 4.98 Å². The highest BCUT2D eigenvalue weighted by molar-refractivity contribution is 6.36. The molecule has 0 fully saturated rings. The van der Waals surface area contributed by atoms with E-state index < -0.39 is 0 Å². The van der Waals surface area contributed by atoms with Crippen molar-refractivity contribution in [1.82, 2.24) is 4.98 Å². The first kappa shape index (κ1) is 13.2. The zero-order valence-corrected chi connectivity index (χ0v) is 11.4. The monoisotopic (exact) mass is 277 g/mol. The van der Waals surface area contributed by atoms with Crippen LogP contribution in [-0.4, -0.2) is 10.9 Å². The highest BCUT2D eigenvalue weighted by Crippen LogP contribution is 2.24. The summed E-state index contributed by atoms with van der Waals surface area (Å²) in [6, 6.07) is 7.80. The Morgan fingerprint density at radius 1 is 1.17 bits per heavy atom. The largest absolute Gasteiger partial charge is 0.255 e. The summed E-state index contributed by atoms with van der Waals surface area (Å²) in [5.41, 5.74) is 1.69. The maximum absolute atomic E-state index is 6.32. The number of fused-ring (bicyclic) bond motifs is 1. The molecule has 0 radical (unpaired) electrons. The molecule has 0 N–H and O–H groups in total. The lowest BCUT2D eigenvalue weighted by molar-refractivity contribution is 0.833. The van der Waals surface area contributed by atoms with Gasteiger partial charge in [0, 0.05) is 23.9 Å². The first-order valence-corrected chi connectivity index (χ1v) is 6.82. The number of rotatable bonds is 3. The number of nitrogens with zero attached hydrogens (tertiary/aromatic N) is 1. The van der Waals surface area contributed by atoms with E-state index in [4.69, 9.17) is 23.2 Å². The summed E-state index contributed by atoms with van der Waals surface area (Å²) in [7, 11) is 0. The van der Waals surface area contributed by atoms with Crippen LogP contribution in [0, 0.1) is 11.8 Å². The van der Waals surface area contributed by atoms with E-state index in [1.54, 1.807) is 6.20 Å². The Hall–Kier alpha value is -1.23. The Morgan fingerprint density at radius 2 is 2.00 bits per heavy atom. The highest BCUT2D eigenvalue weighted by Gasteiger charge is 2.03. The fourth-order valence-corrected chi connectivity index (χ4v) is 2.11. The summed E-state index contributed by atoms with van der Waals surface area (Å²) in [6.07, 6.45) is 4.60. The van der Waals surface area contributed by atoms with Crippen LogP contribution in [-0.2, 0) is 0 Å². The van der Waals surface area contributed by atoms with Crippen LogP contribution >= 0.6 is 23.2 Å². The molecule has 18 heavy (non-hydrogen) atoms. The highest BCUT2D eigenvalue weighted by atomic mass is 35.5. The molecule has 1 nitrogen and oxygen atoms in total. The van der Waals surface area contributed by atoms with Crippen LogP contribution in [0.25, 0.3) is 10.9 Å². The van der Waals surface area contributed by atoms with Crippen LogP contribution < -0.4 is 0 Å². The average molecular weight is 278 g/mol. The summed E-state index contributed by atoms with van der Waals surface area (Å²) in [4.78, 5) is 4.35. The Bertz CT molecular complexity index is 596. The fraction of sp³-hybridized carbons (Fsp3) is 0.267. The lowest BCUT2D eigenvalue weighted by Crippen LogP contribution is -1.85. The average Bonchev–Trinajstić information content (AvgIpc) is 2.41. The molecule has 0 aliphatic rings. The van der Waals surface area contributed by atoms with E-state index in [2.05, 4.69) is 16.8 Å². The Kier molecular flexibility index (Phi) is 4.87. The zero-order chi connectivity index (χ0) is 12.8. The van der Waals surface area contributed by atoms with E-state index in [0.29, 0.717) is 10.9 Å². The van der Waals surface area contributed by atoms with Crippen LogP contribution in [0.5, 0.6) is 0 Å². The molecule has 0 atom stereocenters. The first-order valence-electron chi connectivity index (χ1n) is 5.91. The molecule has 0 saturated heterocycles. The predicted molar refractivity (Wildman–Crippen MR) is 78.2 cm³/mol. The molecule has 0 aliphatic heterocycles. The van der Waals surface area contributed by atoms with Gasteiger partial charge in [0.1, 0.15) is 0 Å². The first-order chi connectivity index (χ1) is 8.83. The molecule has 3 heteroatoms.